The van der Waals surface area contributed by atoms with Crippen LogP contribution in [0.3, 0.4) is 0 Å². The largest absolute Gasteiger partial charge is 0.395 e. The number of halogens is 1. The number of nitrogen functional groups attached to an aromatic ring is 1. The number of rotatable bonds is 6. The highest BCUT2D eigenvalue weighted by atomic mass is 19.1. The second-order valence-corrected chi connectivity index (χ2v) is 7.13. The minimum Gasteiger partial charge on any atom is -0.395 e. The fourth-order valence-corrected chi connectivity index (χ4v) is 3.73. The molecular weight excluding hydrogens is 399 g/mol. The molecule has 9 nitrogen and oxygen atoms in total. The maximum absolute atomic E-state index is 14.2. The van der Waals surface area contributed by atoms with E-state index in [4.69, 9.17) is 10.8 Å². The molecule has 0 radical (unpaired) electrons. The topological polar surface area (TPSA) is 142 Å². The number of nitrogens with two attached hydrogens (primary N) is 1. The highest BCUT2D eigenvalue weighted by Crippen LogP contribution is 2.34. The first-order valence-corrected chi connectivity index (χ1v) is 9.51. The molecule has 4 rings (SSSR count). The van der Waals surface area contributed by atoms with E-state index in [1.165, 1.54) is 6.07 Å². The van der Waals surface area contributed by atoms with Gasteiger partial charge in [-0.15, -0.1) is 0 Å². The standard InChI is InChI=1S/C21H19FN8O/c1-29-11-27-18-19(29)16-7-17(13-4-12(8-23)5-14(22)6-13)30(21(16)28-20(18)25)10-15(9-24)26-2-3-31/h4-7,11,15,26,31H,2-3,10H2,1H3,(H2,25,28). The van der Waals surface area contributed by atoms with Crippen molar-refractivity contribution in [2.75, 3.05) is 18.9 Å². The molecule has 1 unspecified atom stereocenters. The molecule has 3 heterocycles. The fraction of sp³-hybridized carbons (Fsp3) is 0.238. The predicted octanol–water partition coefficient (Wildman–Crippen LogP) is 1.66. The summed E-state index contributed by atoms with van der Waals surface area (Å²) in [5.74, 6) is -0.304. The van der Waals surface area contributed by atoms with Crippen LogP contribution in [0.15, 0.2) is 30.6 Å². The Bertz CT molecular complexity index is 1370. The van der Waals surface area contributed by atoms with Gasteiger partial charge in [-0.1, -0.05) is 0 Å². The van der Waals surface area contributed by atoms with Gasteiger partial charge in [-0.3, -0.25) is 5.32 Å². The van der Waals surface area contributed by atoms with Gasteiger partial charge in [-0.05, 0) is 24.3 Å². The highest BCUT2D eigenvalue weighted by molar-refractivity contribution is 6.07. The number of anilines is 1. The number of fused-ring (bicyclic) bond motifs is 3. The summed E-state index contributed by atoms with van der Waals surface area (Å²) in [5, 5.41) is 31.6. The molecule has 3 aromatic heterocycles. The van der Waals surface area contributed by atoms with Crippen LogP contribution in [0.1, 0.15) is 5.56 Å². The smallest absolute Gasteiger partial charge is 0.154 e. The number of imidazole rings is 1. The number of hydrogen-bond acceptors (Lipinski definition) is 7. The maximum Gasteiger partial charge on any atom is 0.154 e. The molecule has 0 amide bonds. The molecule has 4 aromatic rings. The molecular formula is C21H19FN8O. The number of hydrogen-bond donors (Lipinski definition) is 3. The Labute approximate surface area is 176 Å². The van der Waals surface area contributed by atoms with Gasteiger partial charge in [0.2, 0.25) is 0 Å². The highest BCUT2D eigenvalue weighted by Gasteiger charge is 2.21. The van der Waals surface area contributed by atoms with Crippen molar-refractivity contribution in [2.45, 2.75) is 12.6 Å². The fourth-order valence-electron chi connectivity index (χ4n) is 3.73. The minimum absolute atomic E-state index is 0.117. The van der Waals surface area contributed by atoms with E-state index >= 15 is 0 Å². The van der Waals surface area contributed by atoms with Crippen molar-refractivity contribution >= 4 is 27.9 Å². The summed E-state index contributed by atoms with van der Waals surface area (Å²) >= 11 is 0. The Balaban J connectivity index is 2.01. The normalized spacial score (nSPS) is 12.2. The first-order chi connectivity index (χ1) is 15.0. The number of benzene rings is 1. The molecule has 0 saturated carbocycles. The van der Waals surface area contributed by atoms with Crippen LogP contribution in [0.5, 0.6) is 0 Å². The van der Waals surface area contributed by atoms with Crippen molar-refractivity contribution in [3.8, 4) is 23.4 Å². The zero-order chi connectivity index (χ0) is 22.1. The van der Waals surface area contributed by atoms with Crippen molar-refractivity contribution in [1.29, 1.82) is 10.5 Å². The first-order valence-electron chi connectivity index (χ1n) is 9.51. The molecule has 0 spiro atoms. The molecule has 10 heteroatoms. The van der Waals surface area contributed by atoms with E-state index in [9.17, 15) is 14.9 Å². The second kappa shape index (κ2) is 8.03. The molecule has 1 aromatic carbocycles. The van der Waals surface area contributed by atoms with E-state index < -0.39 is 11.9 Å². The molecule has 1 atom stereocenters. The molecule has 0 saturated heterocycles. The van der Waals surface area contributed by atoms with Gasteiger partial charge in [0.05, 0.1) is 48.4 Å². The lowest BCUT2D eigenvalue weighted by Gasteiger charge is -2.16. The summed E-state index contributed by atoms with van der Waals surface area (Å²) in [6.45, 7) is 0.296. The van der Waals surface area contributed by atoms with Gasteiger partial charge < -0.3 is 20.0 Å². The summed E-state index contributed by atoms with van der Waals surface area (Å²) in [4.78, 5) is 8.82. The number of nitrogens with one attached hydrogen (secondary N) is 1. The molecule has 0 bridgehead atoms. The monoisotopic (exact) mass is 418 g/mol. The lowest BCUT2D eigenvalue weighted by atomic mass is 10.1. The third-order valence-electron chi connectivity index (χ3n) is 5.08. The third kappa shape index (κ3) is 3.55. The van der Waals surface area contributed by atoms with Crippen molar-refractivity contribution in [2.24, 2.45) is 7.05 Å². The van der Waals surface area contributed by atoms with E-state index in [1.54, 1.807) is 17.0 Å². The SMILES string of the molecule is Cn1cnc2c(N)nc3c(cc(-c4cc(F)cc(C#N)c4)n3CC(C#N)NCCO)c21. The molecule has 4 N–H and O–H groups in total. The van der Waals surface area contributed by atoms with E-state index in [2.05, 4.69) is 21.4 Å². The van der Waals surface area contributed by atoms with Crippen LogP contribution in [0, 0.1) is 28.5 Å². The molecule has 31 heavy (non-hydrogen) atoms. The Morgan fingerprint density at radius 1 is 1.29 bits per heavy atom. The minimum atomic E-state index is -0.643. The maximum atomic E-state index is 14.2. The van der Waals surface area contributed by atoms with E-state index in [1.807, 2.05) is 23.8 Å². The van der Waals surface area contributed by atoms with Gasteiger partial charge in [-0.25, -0.2) is 14.4 Å². The molecule has 0 aliphatic heterocycles. The summed E-state index contributed by atoms with van der Waals surface area (Å²) in [6.07, 6.45) is 1.63. The predicted molar refractivity (Wildman–Crippen MR) is 113 cm³/mol. The van der Waals surface area contributed by atoms with Gasteiger partial charge in [0, 0.05) is 24.5 Å². The second-order valence-electron chi connectivity index (χ2n) is 7.13. The molecule has 0 aliphatic carbocycles. The van der Waals surface area contributed by atoms with Gasteiger partial charge in [0.15, 0.2) is 5.82 Å². The van der Waals surface area contributed by atoms with Crippen molar-refractivity contribution < 1.29 is 9.50 Å². The van der Waals surface area contributed by atoms with Gasteiger partial charge in [-0.2, -0.15) is 10.5 Å². The summed E-state index contributed by atoms with van der Waals surface area (Å²) < 4.78 is 17.8. The van der Waals surface area contributed by atoms with Crippen LogP contribution in [0.2, 0.25) is 0 Å². The summed E-state index contributed by atoms with van der Waals surface area (Å²) in [6, 6.07) is 9.39. The summed E-state index contributed by atoms with van der Waals surface area (Å²) in [7, 11) is 1.84. The third-order valence-corrected chi connectivity index (χ3v) is 5.08. The van der Waals surface area contributed by atoms with E-state index in [-0.39, 0.29) is 31.1 Å². The van der Waals surface area contributed by atoms with Gasteiger partial charge >= 0.3 is 0 Å². The Hall–Kier alpha value is -3.99. The van der Waals surface area contributed by atoms with Gasteiger partial charge in [0.1, 0.15) is 23.0 Å². The lowest BCUT2D eigenvalue weighted by Crippen LogP contribution is -2.34. The number of aryl methyl sites for hydroxylation is 1. The zero-order valence-corrected chi connectivity index (χ0v) is 16.7. The number of nitrogens with zero attached hydrogens (tertiary/aromatic N) is 6. The molecule has 0 fully saturated rings. The quantitative estimate of drug-likeness (QED) is 0.432. The Morgan fingerprint density at radius 3 is 2.81 bits per heavy atom. The number of aliphatic hydroxyl groups excluding tert-OH is 1. The van der Waals surface area contributed by atoms with Crippen LogP contribution in [-0.2, 0) is 13.6 Å². The van der Waals surface area contributed by atoms with Crippen LogP contribution in [0.25, 0.3) is 33.3 Å². The molecule has 156 valence electrons. The number of aromatic nitrogens is 4. The van der Waals surface area contributed by atoms with Gasteiger partial charge in [0.25, 0.3) is 0 Å². The average Bonchev–Trinajstić information content (AvgIpc) is 3.31. The van der Waals surface area contributed by atoms with Crippen LogP contribution < -0.4 is 11.1 Å². The van der Waals surface area contributed by atoms with Crippen molar-refractivity contribution in [1.82, 2.24) is 24.4 Å². The van der Waals surface area contributed by atoms with Crippen LogP contribution in [-0.4, -0.2) is 43.4 Å². The Kier molecular flexibility index (Phi) is 5.26. The molecule has 0 aliphatic rings. The van der Waals surface area contributed by atoms with E-state index in [0.717, 1.165) is 17.0 Å². The van der Waals surface area contributed by atoms with Crippen LogP contribution >= 0.6 is 0 Å². The number of pyridine rings is 1. The average molecular weight is 418 g/mol. The lowest BCUT2D eigenvalue weighted by molar-refractivity contribution is 0.287. The summed E-state index contributed by atoms with van der Waals surface area (Å²) in [5.41, 5.74) is 9.20. The Morgan fingerprint density at radius 2 is 2.10 bits per heavy atom. The zero-order valence-electron chi connectivity index (χ0n) is 16.7. The first kappa shape index (κ1) is 20.3. The van der Waals surface area contributed by atoms with E-state index in [0.29, 0.717) is 22.4 Å². The number of aliphatic hydroxyl groups is 1. The number of nitriles is 2. The van der Waals surface area contributed by atoms with Crippen molar-refractivity contribution in [3.05, 3.63) is 42.0 Å². The van der Waals surface area contributed by atoms with Crippen LogP contribution in [0.4, 0.5) is 10.2 Å². The van der Waals surface area contributed by atoms with Crippen molar-refractivity contribution in [3.63, 3.8) is 0 Å².